The van der Waals surface area contributed by atoms with E-state index in [0.29, 0.717) is 18.8 Å². The van der Waals surface area contributed by atoms with E-state index < -0.39 is 0 Å². The molecule has 0 atom stereocenters. The summed E-state index contributed by atoms with van der Waals surface area (Å²) in [7, 11) is 1.71. The molecule has 1 aromatic carbocycles. The average Bonchev–Trinajstić information content (AvgIpc) is 2.56. The first-order chi connectivity index (χ1) is 10.8. The van der Waals surface area contributed by atoms with Crippen LogP contribution in [0.3, 0.4) is 0 Å². The summed E-state index contributed by atoms with van der Waals surface area (Å²) >= 11 is 0. The molecule has 0 fully saturated rings. The third kappa shape index (κ3) is 9.40. The van der Waals surface area contributed by atoms with Crippen LogP contribution in [-0.2, 0) is 9.47 Å². The zero-order valence-corrected chi connectivity index (χ0v) is 14.4. The number of hydrogen-bond acceptors (Lipinski definition) is 4. The third-order valence-electron chi connectivity index (χ3n) is 2.88. The van der Waals surface area contributed by atoms with E-state index in [0.717, 1.165) is 38.0 Å². The minimum Gasteiger partial charge on any atom is -0.494 e. The predicted octanol–water partition coefficient (Wildman–Crippen LogP) is 4.48. The Morgan fingerprint density at radius 1 is 0.955 bits per heavy atom. The molecule has 1 aromatic rings. The van der Waals surface area contributed by atoms with E-state index >= 15 is 0 Å². The first-order valence-electron chi connectivity index (χ1n) is 8.17. The number of benzene rings is 1. The Labute approximate surface area is 134 Å². The molecule has 0 N–H and O–H groups in total. The first kappa shape index (κ1) is 20.5. The Kier molecular flexibility index (Phi) is 13.4. The number of methoxy groups -OCH3 is 1. The molecule has 4 nitrogen and oxygen atoms in total. The summed E-state index contributed by atoms with van der Waals surface area (Å²) < 4.78 is 15.5. The minimum atomic E-state index is -0.273. The molecular formula is C18H30O4. The number of ether oxygens (including phenoxy) is 3. The normalized spacial score (nSPS) is 9.64. The van der Waals surface area contributed by atoms with Gasteiger partial charge in [0.15, 0.2) is 0 Å². The van der Waals surface area contributed by atoms with Crippen LogP contribution in [-0.4, -0.2) is 32.9 Å². The van der Waals surface area contributed by atoms with Gasteiger partial charge >= 0.3 is 5.97 Å². The van der Waals surface area contributed by atoms with Crippen molar-refractivity contribution < 1.29 is 19.0 Å². The van der Waals surface area contributed by atoms with Gasteiger partial charge in [0.1, 0.15) is 5.75 Å². The highest BCUT2D eigenvalue weighted by molar-refractivity contribution is 5.89. The molecule has 0 aliphatic carbocycles. The fourth-order valence-corrected chi connectivity index (χ4v) is 1.80. The highest BCUT2D eigenvalue weighted by atomic mass is 16.5. The zero-order chi connectivity index (χ0) is 16.6. The second-order valence-electron chi connectivity index (χ2n) is 4.50. The van der Waals surface area contributed by atoms with Gasteiger partial charge in [-0.2, -0.15) is 0 Å². The van der Waals surface area contributed by atoms with Gasteiger partial charge in [-0.25, -0.2) is 4.79 Å². The average molecular weight is 310 g/mol. The van der Waals surface area contributed by atoms with Gasteiger partial charge in [-0.1, -0.05) is 20.3 Å². The van der Waals surface area contributed by atoms with Crippen molar-refractivity contribution in [2.24, 2.45) is 0 Å². The SMILES string of the molecule is CC.CCOc1ccc(C(=O)OCCCCCCOC)cc1. The lowest BCUT2D eigenvalue weighted by molar-refractivity contribution is 0.0497. The monoisotopic (exact) mass is 310 g/mol. The van der Waals surface area contributed by atoms with Crippen molar-refractivity contribution in [3.63, 3.8) is 0 Å². The molecule has 4 heteroatoms. The topological polar surface area (TPSA) is 44.8 Å². The van der Waals surface area contributed by atoms with Crippen LogP contribution < -0.4 is 4.74 Å². The molecular weight excluding hydrogens is 280 g/mol. The Hall–Kier alpha value is -1.55. The van der Waals surface area contributed by atoms with Crippen LogP contribution in [0.15, 0.2) is 24.3 Å². The second kappa shape index (κ2) is 14.4. The van der Waals surface area contributed by atoms with Crippen molar-refractivity contribution in [2.45, 2.75) is 46.5 Å². The number of carbonyl (C=O) groups excluding carboxylic acids is 1. The predicted molar refractivity (Wildman–Crippen MR) is 89.6 cm³/mol. The lowest BCUT2D eigenvalue weighted by Gasteiger charge is -2.06. The summed E-state index contributed by atoms with van der Waals surface area (Å²) in [5.74, 6) is 0.493. The fraction of sp³-hybridized carbons (Fsp3) is 0.611. The number of esters is 1. The molecule has 0 aromatic heterocycles. The largest absolute Gasteiger partial charge is 0.494 e. The molecule has 0 saturated heterocycles. The summed E-state index contributed by atoms with van der Waals surface area (Å²) in [6, 6.07) is 7.02. The fourth-order valence-electron chi connectivity index (χ4n) is 1.80. The van der Waals surface area contributed by atoms with E-state index in [-0.39, 0.29) is 5.97 Å². The van der Waals surface area contributed by atoms with Gasteiger partial charge in [0.05, 0.1) is 18.8 Å². The maximum Gasteiger partial charge on any atom is 0.338 e. The highest BCUT2D eigenvalue weighted by Crippen LogP contribution is 2.13. The molecule has 0 heterocycles. The maximum absolute atomic E-state index is 11.8. The Balaban J connectivity index is 0.00000211. The van der Waals surface area contributed by atoms with Gasteiger partial charge < -0.3 is 14.2 Å². The molecule has 126 valence electrons. The van der Waals surface area contributed by atoms with Crippen molar-refractivity contribution in [1.82, 2.24) is 0 Å². The van der Waals surface area contributed by atoms with Crippen LogP contribution in [0.4, 0.5) is 0 Å². The molecule has 22 heavy (non-hydrogen) atoms. The van der Waals surface area contributed by atoms with Crippen LogP contribution in [0.2, 0.25) is 0 Å². The maximum atomic E-state index is 11.8. The molecule has 0 unspecified atom stereocenters. The van der Waals surface area contributed by atoms with E-state index in [9.17, 15) is 4.79 Å². The summed E-state index contributed by atoms with van der Waals surface area (Å²) in [6.07, 6.45) is 4.12. The molecule has 0 saturated carbocycles. The second-order valence-corrected chi connectivity index (χ2v) is 4.50. The molecule has 1 rings (SSSR count). The third-order valence-corrected chi connectivity index (χ3v) is 2.88. The van der Waals surface area contributed by atoms with E-state index in [4.69, 9.17) is 14.2 Å². The van der Waals surface area contributed by atoms with Crippen molar-refractivity contribution in [3.05, 3.63) is 29.8 Å². The van der Waals surface area contributed by atoms with E-state index in [1.54, 1.807) is 31.4 Å². The van der Waals surface area contributed by atoms with Crippen LogP contribution in [0.25, 0.3) is 0 Å². The van der Waals surface area contributed by atoms with E-state index in [1.165, 1.54) is 0 Å². The van der Waals surface area contributed by atoms with Gasteiger partial charge in [0.2, 0.25) is 0 Å². The van der Waals surface area contributed by atoms with Crippen molar-refractivity contribution in [3.8, 4) is 5.75 Å². The minimum absolute atomic E-state index is 0.273. The Morgan fingerprint density at radius 3 is 2.09 bits per heavy atom. The van der Waals surface area contributed by atoms with Gasteiger partial charge in [-0.05, 0) is 50.5 Å². The Bertz CT molecular complexity index is 373. The van der Waals surface area contributed by atoms with E-state index in [2.05, 4.69) is 0 Å². The van der Waals surface area contributed by atoms with Crippen LogP contribution >= 0.6 is 0 Å². The lowest BCUT2D eigenvalue weighted by atomic mass is 10.2. The van der Waals surface area contributed by atoms with Crippen molar-refractivity contribution in [1.29, 1.82) is 0 Å². The smallest absolute Gasteiger partial charge is 0.338 e. The lowest BCUT2D eigenvalue weighted by Crippen LogP contribution is -2.06. The van der Waals surface area contributed by atoms with Gasteiger partial charge in [0.25, 0.3) is 0 Å². The number of rotatable bonds is 10. The van der Waals surface area contributed by atoms with E-state index in [1.807, 2.05) is 20.8 Å². The molecule has 0 bridgehead atoms. The van der Waals surface area contributed by atoms with Gasteiger partial charge in [-0.3, -0.25) is 0 Å². The molecule has 0 spiro atoms. The quantitative estimate of drug-likeness (QED) is 0.472. The number of unbranched alkanes of at least 4 members (excludes halogenated alkanes) is 3. The first-order valence-corrected chi connectivity index (χ1v) is 8.17. The molecule has 0 aliphatic rings. The van der Waals surface area contributed by atoms with Crippen molar-refractivity contribution >= 4 is 5.97 Å². The van der Waals surface area contributed by atoms with Crippen LogP contribution in [0.5, 0.6) is 5.75 Å². The van der Waals surface area contributed by atoms with Gasteiger partial charge in [0, 0.05) is 13.7 Å². The summed E-state index contributed by atoms with van der Waals surface area (Å²) in [6.45, 7) is 7.81. The zero-order valence-electron chi connectivity index (χ0n) is 14.4. The summed E-state index contributed by atoms with van der Waals surface area (Å²) in [4.78, 5) is 11.8. The highest BCUT2D eigenvalue weighted by Gasteiger charge is 2.06. The van der Waals surface area contributed by atoms with Crippen LogP contribution in [0, 0.1) is 0 Å². The van der Waals surface area contributed by atoms with Crippen molar-refractivity contribution in [2.75, 3.05) is 26.9 Å². The van der Waals surface area contributed by atoms with Gasteiger partial charge in [-0.15, -0.1) is 0 Å². The Morgan fingerprint density at radius 2 is 1.55 bits per heavy atom. The summed E-state index contributed by atoms with van der Waals surface area (Å²) in [5, 5.41) is 0. The molecule has 0 radical (unpaired) electrons. The molecule has 0 aliphatic heterocycles. The number of hydrogen-bond donors (Lipinski definition) is 0. The standard InChI is InChI=1S/C16H24O4.C2H6/c1-3-19-15-10-8-14(9-11-15)16(17)20-13-7-5-4-6-12-18-2;1-2/h8-11H,3-7,12-13H2,1-2H3;1-2H3. The number of carbonyl (C=O) groups is 1. The summed E-state index contributed by atoms with van der Waals surface area (Å²) in [5.41, 5.74) is 0.563. The molecule has 0 amide bonds. The van der Waals surface area contributed by atoms with Crippen LogP contribution in [0.1, 0.15) is 56.8 Å².